The van der Waals surface area contributed by atoms with Gasteiger partial charge >= 0.3 is 0 Å². The molecule has 1 fully saturated rings. The van der Waals surface area contributed by atoms with Gasteiger partial charge in [0.2, 0.25) is 0 Å². The van der Waals surface area contributed by atoms with Gasteiger partial charge in [-0.3, -0.25) is 0 Å². The summed E-state index contributed by atoms with van der Waals surface area (Å²) in [7, 11) is 1.75. The monoisotopic (exact) mass is 324 g/mol. The number of benzene rings is 2. The number of hydrogen-bond donors (Lipinski definition) is 2. The SMILES string of the molecule is COc1ccc(C(C)C)cc1CN[C@H]1CCN[C@H]1c1ccccc1. The molecule has 0 amide bonds. The van der Waals surface area contributed by atoms with Crippen molar-refractivity contribution >= 4 is 0 Å². The number of hydrogen-bond acceptors (Lipinski definition) is 3. The molecule has 3 nitrogen and oxygen atoms in total. The van der Waals surface area contributed by atoms with Crippen LogP contribution in [0.15, 0.2) is 48.5 Å². The van der Waals surface area contributed by atoms with E-state index in [1.807, 2.05) is 0 Å². The predicted octanol–water partition coefficient (Wildman–Crippen LogP) is 4.01. The lowest BCUT2D eigenvalue weighted by Gasteiger charge is -2.22. The zero-order valence-electron chi connectivity index (χ0n) is 14.9. The summed E-state index contributed by atoms with van der Waals surface area (Å²) in [5.41, 5.74) is 3.95. The Labute approximate surface area is 145 Å². The molecule has 2 aromatic rings. The van der Waals surface area contributed by atoms with Crippen molar-refractivity contribution < 1.29 is 4.74 Å². The van der Waals surface area contributed by atoms with Gasteiger partial charge in [-0.1, -0.05) is 56.3 Å². The molecule has 1 heterocycles. The van der Waals surface area contributed by atoms with Gasteiger partial charge in [0, 0.05) is 24.2 Å². The largest absolute Gasteiger partial charge is 0.496 e. The minimum atomic E-state index is 0.380. The van der Waals surface area contributed by atoms with Crippen molar-refractivity contribution in [3.05, 3.63) is 65.2 Å². The van der Waals surface area contributed by atoms with E-state index >= 15 is 0 Å². The fourth-order valence-corrected chi connectivity index (χ4v) is 3.47. The highest BCUT2D eigenvalue weighted by Gasteiger charge is 2.27. The van der Waals surface area contributed by atoms with Crippen LogP contribution in [0, 0.1) is 0 Å². The maximum absolute atomic E-state index is 5.55. The van der Waals surface area contributed by atoms with E-state index in [0.717, 1.165) is 25.3 Å². The molecule has 1 aliphatic heterocycles. The van der Waals surface area contributed by atoms with Crippen LogP contribution < -0.4 is 15.4 Å². The fraction of sp³-hybridized carbons (Fsp3) is 0.429. The second-order valence-corrected chi connectivity index (χ2v) is 6.84. The van der Waals surface area contributed by atoms with Gasteiger partial charge in [-0.15, -0.1) is 0 Å². The second-order valence-electron chi connectivity index (χ2n) is 6.84. The molecule has 0 bridgehead atoms. The van der Waals surface area contributed by atoms with Crippen LogP contribution in [-0.2, 0) is 6.54 Å². The molecule has 0 aliphatic carbocycles. The van der Waals surface area contributed by atoms with Crippen LogP contribution in [0.2, 0.25) is 0 Å². The quantitative estimate of drug-likeness (QED) is 0.842. The molecule has 2 N–H and O–H groups in total. The van der Waals surface area contributed by atoms with Crippen LogP contribution in [0.1, 0.15) is 48.9 Å². The standard InChI is InChI=1S/C21H28N2O/c1-15(2)17-9-10-20(24-3)18(13-17)14-23-19-11-12-22-21(19)16-7-5-4-6-8-16/h4-10,13,15,19,21-23H,11-12,14H2,1-3H3/t19-,21-/m0/s1. The number of nitrogens with one attached hydrogen (secondary N) is 2. The van der Waals surface area contributed by atoms with Crippen molar-refractivity contribution in [2.45, 2.75) is 44.8 Å². The molecule has 1 aliphatic rings. The summed E-state index contributed by atoms with van der Waals surface area (Å²) in [5, 5.41) is 7.37. The molecular formula is C21H28N2O. The van der Waals surface area contributed by atoms with Gasteiger partial charge in [0.15, 0.2) is 0 Å². The molecule has 0 aromatic heterocycles. The molecule has 1 saturated heterocycles. The zero-order valence-corrected chi connectivity index (χ0v) is 14.9. The molecular weight excluding hydrogens is 296 g/mol. The first-order valence-electron chi connectivity index (χ1n) is 8.87. The molecule has 24 heavy (non-hydrogen) atoms. The van der Waals surface area contributed by atoms with Gasteiger partial charge in [0.25, 0.3) is 0 Å². The Morgan fingerprint density at radius 2 is 1.96 bits per heavy atom. The second kappa shape index (κ2) is 7.82. The third-order valence-electron chi connectivity index (χ3n) is 4.91. The first kappa shape index (κ1) is 17.0. The third-order valence-corrected chi connectivity index (χ3v) is 4.91. The molecule has 3 heteroatoms. The molecule has 0 unspecified atom stereocenters. The maximum atomic E-state index is 5.55. The summed E-state index contributed by atoms with van der Waals surface area (Å²) in [6.07, 6.45) is 1.14. The number of ether oxygens (including phenoxy) is 1. The minimum Gasteiger partial charge on any atom is -0.496 e. The van der Waals surface area contributed by atoms with E-state index in [0.29, 0.717) is 18.0 Å². The van der Waals surface area contributed by atoms with E-state index in [1.165, 1.54) is 16.7 Å². The van der Waals surface area contributed by atoms with Gasteiger partial charge in [0.1, 0.15) is 5.75 Å². The average molecular weight is 324 g/mol. The normalized spacial score (nSPS) is 20.5. The fourth-order valence-electron chi connectivity index (χ4n) is 3.47. The molecule has 128 valence electrons. The van der Waals surface area contributed by atoms with Crippen molar-refractivity contribution in [1.82, 2.24) is 10.6 Å². The highest BCUT2D eigenvalue weighted by atomic mass is 16.5. The van der Waals surface area contributed by atoms with Crippen LogP contribution in [-0.4, -0.2) is 19.7 Å². The molecule has 0 spiro atoms. The summed E-state index contributed by atoms with van der Waals surface area (Å²) in [4.78, 5) is 0. The molecule has 2 atom stereocenters. The van der Waals surface area contributed by atoms with Crippen molar-refractivity contribution in [2.24, 2.45) is 0 Å². The molecule has 0 saturated carbocycles. The van der Waals surface area contributed by atoms with Crippen LogP contribution in [0.4, 0.5) is 0 Å². The van der Waals surface area contributed by atoms with Gasteiger partial charge in [-0.05, 0) is 36.1 Å². The minimum absolute atomic E-state index is 0.380. The van der Waals surface area contributed by atoms with Crippen LogP contribution in [0.5, 0.6) is 5.75 Å². The Balaban J connectivity index is 1.72. The maximum Gasteiger partial charge on any atom is 0.123 e. The summed E-state index contributed by atoms with van der Waals surface area (Å²) >= 11 is 0. The summed E-state index contributed by atoms with van der Waals surface area (Å²) < 4.78 is 5.55. The highest BCUT2D eigenvalue weighted by Crippen LogP contribution is 2.27. The average Bonchev–Trinajstić information content (AvgIpc) is 3.09. The van der Waals surface area contributed by atoms with E-state index < -0.39 is 0 Å². The van der Waals surface area contributed by atoms with Crippen LogP contribution in [0.25, 0.3) is 0 Å². The molecule has 0 radical (unpaired) electrons. The van der Waals surface area contributed by atoms with Gasteiger partial charge in [0.05, 0.1) is 7.11 Å². The van der Waals surface area contributed by atoms with Gasteiger partial charge in [-0.2, -0.15) is 0 Å². The Hall–Kier alpha value is -1.84. The van der Waals surface area contributed by atoms with E-state index in [2.05, 4.69) is 73.0 Å². The Morgan fingerprint density at radius 1 is 1.17 bits per heavy atom. The molecule has 2 aromatic carbocycles. The van der Waals surface area contributed by atoms with Gasteiger partial charge < -0.3 is 15.4 Å². The summed E-state index contributed by atoms with van der Waals surface area (Å²) in [5.74, 6) is 1.49. The Bertz CT molecular complexity index is 654. The van der Waals surface area contributed by atoms with Crippen molar-refractivity contribution in [3.8, 4) is 5.75 Å². The van der Waals surface area contributed by atoms with E-state index in [1.54, 1.807) is 7.11 Å². The van der Waals surface area contributed by atoms with Gasteiger partial charge in [-0.25, -0.2) is 0 Å². The first-order valence-corrected chi connectivity index (χ1v) is 8.87. The number of methoxy groups -OCH3 is 1. The topological polar surface area (TPSA) is 33.3 Å². The van der Waals surface area contributed by atoms with Crippen LogP contribution >= 0.6 is 0 Å². The first-order chi connectivity index (χ1) is 11.7. The Morgan fingerprint density at radius 3 is 2.67 bits per heavy atom. The van der Waals surface area contributed by atoms with E-state index in [4.69, 9.17) is 4.74 Å². The lowest BCUT2D eigenvalue weighted by Crippen LogP contribution is -2.34. The lowest BCUT2D eigenvalue weighted by atomic mass is 9.98. The molecule has 3 rings (SSSR count). The van der Waals surface area contributed by atoms with Crippen molar-refractivity contribution in [3.63, 3.8) is 0 Å². The predicted molar refractivity (Wildman–Crippen MR) is 99.5 cm³/mol. The summed E-state index contributed by atoms with van der Waals surface area (Å²) in [6, 6.07) is 18.1. The number of rotatable bonds is 6. The van der Waals surface area contributed by atoms with E-state index in [-0.39, 0.29) is 0 Å². The smallest absolute Gasteiger partial charge is 0.123 e. The summed E-state index contributed by atoms with van der Waals surface area (Å²) in [6.45, 7) is 6.34. The lowest BCUT2D eigenvalue weighted by molar-refractivity contribution is 0.401. The Kier molecular flexibility index (Phi) is 5.54. The zero-order chi connectivity index (χ0) is 16.9. The highest BCUT2D eigenvalue weighted by molar-refractivity contribution is 5.38. The van der Waals surface area contributed by atoms with Crippen LogP contribution in [0.3, 0.4) is 0 Å². The van der Waals surface area contributed by atoms with E-state index in [9.17, 15) is 0 Å². The van der Waals surface area contributed by atoms with Crippen molar-refractivity contribution in [2.75, 3.05) is 13.7 Å². The third kappa shape index (κ3) is 3.80. The van der Waals surface area contributed by atoms with Crippen molar-refractivity contribution in [1.29, 1.82) is 0 Å².